The standard InChI is InChI=1S/C29H25N7O/c37-29(22-7-11-30-12-8-22)33-24-4-1-21(2-5-24)23-3-6-26-27(19-23)34-28(20-32-26)36-17-15-35(16-18-36)25-9-13-31-14-10-25/h1-14,19-20H,15-18H2,(H,33,37). The molecule has 0 radical (unpaired) electrons. The van der Waals surface area contributed by atoms with Gasteiger partial charge in [0.1, 0.15) is 5.82 Å². The maximum absolute atomic E-state index is 12.4. The highest BCUT2D eigenvalue weighted by atomic mass is 16.1. The van der Waals surface area contributed by atoms with Crippen LogP contribution in [0.3, 0.4) is 0 Å². The van der Waals surface area contributed by atoms with E-state index in [1.165, 1.54) is 5.69 Å². The highest BCUT2D eigenvalue weighted by Crippen LogP contribution is 2.26. The van der Waals surface area contributed by atoms with Crippen molar-refractivity contribution in [3.05, 3.63) is 103 Å². The average molecular weight is 488 g/mol. The molecule has 8 heteroatoms. The predicted octanol–water partition coefficient (Wildman–Crippen LogP) is 4.67. The summed E-state index contributed by atoms with van der Waals surface area (Å²) in [5, 5.41) is 2.92. The van der Waals surface area contributed by atoms with Crippen molar-refractivity contribution < 1.29 is 4.79 Å². The lowest BCUT2D eigenvalue weighted by atomic mass is 10.0. The summed E-state index contributed by atoms with van der Waals surface area (Å²) >= 11 is 0. The fourth-order valence-corrected chi connectivity index (χ4v) is 4.53. The third-order valence-electron chi connectivity index (χ3n) is 6.58. The molecule has 0 spiro atoms. The molecule has 0 bridgehead atoms. The summed E-state index contributed by atoms with van der Waals surface area (Å²) in [6, 6.07) is 21.4. The van der Waals surface area contributed by atoms with Gasteiger partial charge >= 0.3 is 0 Å². The summed E-state index contributed by atoms with van der Waals surface area (Å²) in [5.74, 6) is 0.735. The molecule has 2 aromatic carbocycles. The van der Waals surface area contributed by atoms with Crippen LogP contribution in [-0.2, 0) is 0 Å². The Kier molecular flexibility index (Phi) is 6.12. The zero-order chi connectivity index (χ0) is 25.0. The number of carbonyl (C=O) groups excluding carboxylic acids is 1. The van der Waals surface area contributed by atoms with E-state index >= 15 is 0 Å². The first-order chi connectivity index (χ1) is 18.2. The van der Waals surface area contributed by atoms with Crippen LogP contribution in [-0.4, -0.2) is 52.0 Å². The van der Waals surface area contributed by atoms with Crippen LogP contribution < -0.4 is 15.1 Å². The molecule has 8 nitrogen and oxygen atoms in total. The first-order valence-corrected chi connectivity index (χ1v) is 12.2. The zero-order valence-corrected chi connectivity index (χ0v) is 20.2. The fraction of sp³-hybridized carbons (Fsp3) is 0.138. The number of amides is 1. The highest BCUT2D eigenvalue weighted by Gasteiger charge is 2.19. The topological polar surface area (TPSA) is 87.1 Å². The molecule has 1 fully saturated rings. The summed E-state index contributed by atoms with van der Waals surface area (Å²) in [6.45, 7) is 3.62. The zero-order valence-electron chi connectivity index (χ0n) is 20.2. The third kappa shape index (κ3) is 4.95. The van der Waals surface area contributed by atoms with E-state index in [1.807, 2.05) is 48.9 Å². The van der Waals surface area contributed by atoms with Gasteiger partial charge in [-0.15, -0.1) is 0 Å². The fourth-order valence-electron chi connectivity index (χ4n) is 4.53. The molecule has 1 N–H and O–H groups in total. The van der Waals surface area contributed by atoms with Crippen LogP contribution in [0, 0.1) is 0 Å². The van der Waals surface area contributed by atoms with Gasteiger partial charge in [-0.25, -0.2) is 4.98 Å². The smallest absolute Gasteiger partial charge is 0.255 e. The van der Waals surface area contributed by atoms with Crippen LogP contribution in [0.2, 0.25) is 0 Å². The SMILES string of the molecule is O=C(Nc1ccc(-c2ccc3ncc(N4CCN(c5ccncc5)CC4)nc3c2)cc1)c1ccncc1. The summed E-state index contributed by atoms with van der Waals surface area (Å²) < 4.78 is 0. The first-order valence-electron chi connectivity index (χ1n) is 12.2. The molecule has 4 heterocycles. The van der Waals surface area contributed by atoms with E-state index in [9.17, 15) is 4.79 Å². The molecule has 0 atom stereocenters. The quantitative estimate of drug-likeness (QED) is 0.386. The molecule has 5 aromatic rings. The Morgan fingerprint density at radius 1 is 0.703 bits per heavy atom. The lowest BCUT2D eigenvalue weighted by molar-refractivity contribution is 0.102. The molecule has 0 unspecified atom stereocenters. The number of hydrogen-bond acceptors (Lipinski definition) is 7. The number of anilines is 3. The molecule has 3 aromatic heterocycles. The summed E-state index contributed by atoms with van der Waals surface area (Å²) in [6.07, 6.45) is 8.74. The van der Waals surface area contributed by atoms with Gasteiger partial charge in [0.15, 0.2) is 0 Å². The van der Waals surface area contributed by atoms with E-state index in [0.29, 0.717) is 5.56 Å². The van der Waals surface area contributed by atoms with Gasteiger partial charge in [0.25, 0.3) is 5.91 Å². The van der Waals surface area contributed by atoms with Crippen LogP contribution >= 0.6 is 0 Å². The third-order valence-corrected chi connectivity index (χ3v) is 6.58. The lowest BCUT2D eigenvalue weighted by Gasteiger charge is -2.36. The summed E-state index contributed by atoms with van der Waals surface area (Å²) in [7, 11) is 0. The number of piperazine rings is 1. The van der Waals surface area contributed by atoms with Gasteiger partial charge in [0.2, 0.25) is 0 Å². The number of fused-ring (bicyclic) bond motifs is 1. The van der Waals surface area contributed by atoms with Crippen molar-refractivity contribution in [2.45, 2.75) is 0 Å². The Morgan fingerprint density at radius 2 is 1.35 bits per heavy atom. The molecule has 1 amide bonds. The second-order valence-corrected chi connectivity index (χ2v) is 8.88. The van der Waals surface area contributed by atoms with Crippen molar-refractivity contribution in [3.63, 3.8) is 0 Å². The molecular weight excluding hydrogens is 462 g/mol. The monoisotopic (exact) mass is 487 g/mol. The summed E-state index contributed by atoms with van der Waals surface area (Å²) in [5.41, 5.74) is 6.33. The largest absolute Gasteiger partial charge is 0.368 e. The Morgan fingerprint density at radius 3 is 2.08 bits per heavy atom. The number of aromatic nitrogens is 4. The van der Waals surface area contributed by atoms with Crippen LogP contribution in [0.25, 0.3) is 22.2 Å². The molecule has 0 aliphatic carbocycles. The van der Waals surface area contributed by atoms with E-state index in [2.05, 4.69) is 54.3 Å². The second-order valence-electron chi connectivity index (χ2n) is 8.88. The molecule has 1 saturated heterocycles. The van der Waals surface area contributed by atoms with Crippen LogP contribution in [0.1, 0.15) is 10.4 Å². The van der Waals surface area contributed by atoms with Crippen molar-refractivity contribution in [1.82, 2.24) is 19.9 Å². The molecule has 6 rings (SSSR count). The Balaban J connectivity index is 1.16. The van der Waals surface area contributed by atoms with Crippen LogP contribution in [0.4, 0.5) is 17.2 Å². The van der Waals surface area contributed by atoms with E-state index in [-0.39, 0.29) is 5.91 Å². The molecule has 1 aliphatic rings. The normalized spacial score (nSPS) is 13.5. The van der Waals surface area contributed by atoms with Crippen molar-refractivity contribution in [2.24, 2.45) is 0 Å². The van der Waals surface area contributed by atoms with E-state index in [0.717, 1.165) is 59.8 Å². The van der Waals surface area contributed by atoms with Gasteiger partial charge in [-0.05, 0) is 59.7 Å². The molecular formula is C29H25N7O. The highest BCUT2D eigenvalue weighted by molar-refractivity contribution is 6.04. The van der Waals surface area contributed by atoms with E-state index in [1.54, 1.807) is 24.5 Å². The first kappa shape index (κ1) is 22.6. The van der Waals surface area contributed by atoms with Crippen molar-refractivity contribution >= 4 is 34.1 Å². The van der Waals surface area contributed by atoms with Crippen molar-refractivity contribution in [2.75, 3.05) is 41.3 Å². The number of rotatable bonds is 5. The maximum Gasteiger partial charge on any atom is 0.255 e. The number of pyridine rings is 2. The van der Waals surface area contributed by atoms with Gasteiger partial charge in [-0.3, -0.25) is 19.7 Å². The summed E-state index contributed by atoms with van der Waals surface area (Å²) in [4.78, 5) is 34.7. The Hall–Kier alpha value is -4.85. The Labute approximate surface area is 214 Å². The van der Waals surface area contributed by atoms with Gasteiger partial charge in [0.05, 0.1) is 17.2 Å². The molecule has 0 saturated carbocycles. The molecule has 37 heavy (non-hydrogen) atoms. The van der Waals surface area contributed by atoms with Gasteiger partial charge in [0, 0.05) is 67.9 Å². The number of benzene rings is 2. The van der Waals surface area contributed by atoms with E-state index in [4.69, 9.17) is 4.98 Å². The molecule has 182 valence electrons. The number of nitrogens with one attached hydrogen (secondary N) is 1. The van der Waals surface area contributed by atoms with Gasteiger partial charge in [-0.1, -0.05) is 18.2 Å². The van der Waals surface area contributed by atoms with Gasteiger partial charge in [-0.2, -0.15) is 0 Å². The van der Waals surface area contributed by atoms with Crippen LogP contribution in [0.15, 0.2) is 97.7 Å². The van der Waals surface area contributed by atoms with Gasteiger partial charge < -0.3 is 15.1 Å². The minimum Gasteiger partial charge on any atom is -0.368 e. The number of carbonyl (C=O) groups is 1. The Bertz CT molecular complexity index is 1520. The van der Waals surface area contributed by atoms with Crippen molar-refractivity contribution in [3.8, 4) is 11.1 Å². The maximum atomic E-state index is 12.4. The number of hydrogen-bond donors (Lipinski definition) is 1. The van der Waals surface area contributed by atoms with Crippen molar-refractivity contribution in [1.29, 1.82) is 0 Å². The molecule has 1 aliphatic heterocycles. The number of nitrogens with zero attached hydrogens (tertiary/aromatic N) is 6. The van der Waals surface area contributed by atoms with Crippen LogP contribution in [0.5, 0.6) is 0 Å². The average Bonchev–Trinajstić information content (AvgIpc) is 2.98. The second kappa shape index (κ2) is 10.0. The minimum absolute atomic E-state index is 0.162. The minimum atomic E-state index is -0.162. The predicted molar refractivity (Wildman–Crippen MR) is 146 cm³/mol. The van der Waals surface area contributed by atoms with E-state index < -0.39 is 0 Å². The lowest BCUT2D eigenvalue weighted by Crippen LogP contribution is -2.46.